The van der Waals surface area contributed by atoms with E-state index in [4.69, 9.17) is 0 Å². The van der Waals surface area contributed by atoms with Gasteiger partial charge in [-0.25, -0.2) is 0 Å². The lowest BCUT2D eigenvalue weighted by atomic mass is 10.1. The lowest BCUT2D eigenvalue weighted by molar-refractivity contribution is 0.235. The highest BCUT2D eigenvalue weighted by atomic mass is 16.3. The highest BCUT2D eigenvalue weighted by Gasteiger charge is 2.14. The Balaban J connectivity index is 1.99. The van der Waals surface area contributed by atoms with Gasteiger partial charge in [-0.15, -0.1) is 0 Å². The Bertz CT molecular complexity index is 144. The van der Waals surface area contributed by atoms with Crippen LogP contribution < -0.4 is 5.32 Å². The van der Waals surface area contributed by atoms with Gasteiger partial charge in [0.1, 0.15) is 0 Å². The zero-order chi connectivity index (χ0) is 9.52. The fourth-order valence-corrected chi connectivity index (χ4v) is 1.66. The molecule has 1 saturated heterocycles. The molecule has 0 saturated carbocycles. The van der Waals surface area contributed by atoms with E-state index in [9.17, 15) is 4.91 Å². The van der Waals surface area contributed by atoms with Crippen molar-refractivity contribution in [1.82, 2.24) is 10.2 Å². The topological polar surface area (TPSA) is 44.7 Å². The van der Waals surface area contributed by atoms with Gasteiger partial charge in [-0.05, 0) is 45.9 Å². The molecule has 4 nitrogen and oxygen atoms in total. The van der Waals surface area contributed by atoms with E-state index in [1.54, 1.807) is 0 Å². The van der Waals surface area contributed by atoms with Gasteiger partial charge in [-0.1, -0.05) is 5.18 Å². The van der Waals surface area contributed by atoms with Gasteiger partial charge in [0.15, 0.2) is 0 Å². The van der Waals surface area contributed by atoms with Crippen LogP contribution in [0, 0.1) is 4.91 Å². The molecule has 4 heteroatoms. The van der Waals surface area contributed by atoms with Gasteiger partial charge in [0.25, 0.3) is 0 Å². The van der Waals surface area contributed by atoms with Crippen LogP contribution in [0.5, 0.6) is 0 Å². The Kier molecular flexibility index (Phi) is 4.93. The van der Waals surface area contributed by atoms with Crippen molar-refractivity contribution >= 4 is 0 Å². The van der Waals surface area contributed by atoms with Gasteiger partial charge in [-0.3, -0.25) is 0 Å². The second kappa shape index (κ2) is 6.05. The Morgan fingerprint density at radius 3 is 2.77 bits per heavy atom. The second-order valence-corrected chi connectivity index (χ2v) is 3.74. The standard InChI is InChI=1S/C9H19N3O/c1-12-7-3-9(4-8-12)10-5-2-6-11-13/h9-10H,2-8H2,1H3. The smallest absolute Gasteiger partial charge is 0.0823 e. The number of nitrogens with one attached hydrogen (secondary N) is 1. The molecule has 1 rings (SSSR count). The molecule has 1 N–H and O–H groups in total. The summed E-state index contributed by atoms with van der Waals surface area (Å²) in [7, 11) is 2.16. The normalized spacial score (nSPS) is 20.4. The second-order valence-electron chi connectivity index (χ2n) is 3.74. The summed E-state index contributed by atoms with van der Waals surface area (Å²) >= 11 is 0. The average Bonchev–Trinajstić information content (AvgIpc) is 2.15. The Hall–Kier alpha value is -0.480. The highest BCUT2D eigenvalue weighted by Crippen LogP contribution is 2.07. The van der Waals surface area contributed by atoms with Crippen LogP contribution in [-0.2, 0) is 0 Å². The lowest BCUT2D eigenvalue weighted by Crippen LogP contribution is -2.41. The van der Waals surface area contributed by atoms with Gasteiger partial charge in [0, 0.05) is 6.04 Å². The first-order valence-electron chi connectivity index (χ1n) is 5.04. The molecule has 13 heavy (non-hydrogen) atoms. The van der Waals surface area contributed by atoms with Crippen molar-refractivity contribution in [1.29, 1.82) is 0 Å². The molecule has 76 valence electrons. The molecular formula is C9H19N3O. The van der Waals surface area contributed by atoms with Gasteiger partial charge in [-0.2, -0.15) is 4.91 Å². The minimum absolute atomic E-state index is 0.444. The molecule has 0 aromatic rings. The molecule has 0 spiro atoms. The maximum Gasteiger partial charge on any atom is 0.0823 e. The monoisotopic (exact) mass is 185 g/mol. The summed E-state index contributed by atoms with van der Waals surface area (Å²) < 4.78 is 0. The Morgan fingerprint density at radius 1 is 1.46 bits per heavy atom. The fourth-order valence-electron chi connectivity index (χ4n) is 1.66. The van der Waals surface area contributed by atoms with Crippen molar-refractivity contribution in [2.75, 3.05) is 33.2 Å². The summed E-state index contributed by atoms with van der Waals surface area (Å²) in [6.07, 6.45) is 3.33. The molecule has 0 aromatic carbocycles. The van der Waals surface area contributed by atoms with Crippen LogP contribution in [-0.4, -0.2) is 44.2 Å². The van der Waals surface area contributed by atoms with E-state index < -0.39 is 0 Å². The molecule has 1 fully saturated rings. The molecule has 0 bridgehead atoms. The Morgan fingerprint density at radius 2 is 2.15 bits per heavy atom. The predicted molar refractivity (Wildman–Crippen MR) is 53.8 cm³/mol. The number of nitroso groups, excluding NO2 is 1. The van der Waals surface area contributed by atoms with Crippen LogP contribution in [0.3, 0.4) is 0 Å². The van der Waals surface area contributed by atoms with Crippen molar-refractivity contribution in [3.63, 3.8) is 0 Å². The van der Waals surface area contributed by atoms with Crippen LogP contribution in [0.4, 0.5) is 0 Å². The summed E-state index contributed by atoms with van der Waals surface area (Å²) in [6, 6.07) is 0.655. The van der Waals surface area contributed by atoms with E-state index in [0.717, 1.165) is 13.0 Å². The van der Waals surface area contributed by atoms with Crippen molar-refractivity contribution in [3.8, 4) is 0 Å². The highest BCUT2D eigenvalue weighted by molar-refractivity contribution is 4.75. The van der Waals surface area contributed by atoms with Crippen LogP contribution in [0.1, 0.15) is 19.3 Å². The van der Waals surface area contributed by atoms with Crippen molar-refractivity contribution in [2.24, 2.45) is 5.18 Å². The minimum Gasteiger partial charge on any atom is -0.314 e. The van der Waals surface area contributed by atoms with Crippen LogP contribution >= 0.6 is 0 Å². The molecule has 1 heterocycles. The number of hydrogen-bond donors (Lipinski definition) is 1. The first-order valence-corrected chi connectivity index (χ1v) is 5.04. The molecule has 0 aromatic heterocycles. The summed E-state index contributed by atoms with van der Waals surface area (Å²) in [6.45, 7) is 3.74. The van der Waals surface area contributed by atoms with Crippen LogP contribution in [0.2, 0.25) is 0 Å². The molecule has 0 radical (unpaired) electrons. The first kappa shape index (κ1) is 10.6. The molecular weight excluding hydrogens is 166 g/mol. The molecule has 0 unspecified atom stereocenters. The fraction of sp³-hybridized carbons (Fsp3) is 1.00. The molecule has 1 aliphatic heterocycles. The maximum atomic E-state index is 9.81. The van der Waals surface area contributed by atoms with E-state index in [1.807, 2.05) is 0 Å². The zero-order valence-corrected chi connectivity index (χ0v) is 8.33. The summed E-state index contributed by atoms with van der Waals surface area (Å²) in [4.78, 5) is 12.2. The third-order valence-electron chi connectivity index (χ3n) is 2.58. The largest absolute Gasteiger partial charge is 0.314 e. The van der Waals surface area contributed by atoms with Crippen molar-refractivity contribution in [3.05, 3.63) is 4.91 Å². The SMILES string of the molecule is CN1CCC(NCCCN=O)CC1. The summed E-state index contributed by atoms with van der Waals surface area (Å²) in [5, 5.41) is 6.28. The third kappa shape index (κ3) is 4.33. The van der Waals surface area contributed by atoms with Gasteiger partial charge < -0.3 is 10.2 Å². The number of piperidine rings is 1. The average molecular weight is 185 g/mol. The maximum absolute atomic E-state index is 9.81. The number of likely N-dealkylation sites (tertiary alicyclic amines) is 1. The zero-order valence-electron chi connectivity index (χ0n) is 8.33. The van der Waals surface area contributed by atoms with Crippen molar-refractivity contribution in [2.45, 2.75) is 25.3 Å². The van der Waals surface area contributed by atoms with Crippen molar-refractivity contribution < 1.29 is 0 Å². The number of hydrogen-bond acceptors (Lipinski definition) is 4. The summed E-state index contributed by atoms with van der Waals surface area (Å²) in [5.41, 5.74) is 0. The molecule has 0 aliphatic carbocycles. The quantitative estimate of drug-likeness (QED) is 0.509. The van der Waals surface area contributed by atoms with Gasteiger partial charge >= 0.3 is 0 Å². The molecule has 0 atom stereocenters. The third-order valence-corrected chi connectivity index (χ3v) is 2.58. The van der Waals surface area contributed by atoms with Gasteiger partial charge in [0.05, 0.1) is 6.54 Å². The Labute approximate surface area is 79.7 Å². The first-order chi connectivity index (χ1) is 6.33. The molecule has 0 amide bonds. The minimum atomic E-state index is 0.444. The lowest BCUT2D eigenvalue weighted by Gasteiger charge is -2.29. The van der Waals surface area contributed by atoms with E-state index in [1.165, 1.54) is 25.9 Å². The van der Waals surface area contributed by atoms with Crippen LogP contribution in [0.15, 0.2) is 5.18 Å². The van der Waals surface area contributed by atoms with Crippen LogP contribution in [0.25, 0.3) is 0 Å². The van der Waals surface area contributed by atoms with E-state index in [0.29, 0.717) is 12.6 Å². The number of rotatable bonds is 5. The predicted octanol–water partition coefficient (Wildman–Crippen LogP) is 0.827. The van der Waals surface area contributed by atoms with E-state index in [-0.39, 0.29) is 0 Å². The van der Waals surface area contributed by atoms with E-state index in [2.05, 4.69) is 22.4 Å². The van der Waals surface area contributed by atoms with E-state index >= 15 is 0 Å². The van der Waals surface area contributed by atoms with Gasteiger partial charge in [0.2, 0.25) is 0 Å². The summed E-state index contributed by atoms with van der Waals surface area (Å²) in [5.74, 6) is 0. The number of nitrogens with zero attached hydrogens (tertiary/aromatic N) is 2. The molecule has 1 aliphatic rings.